The maximum absolute atomic E-state index is 12.6. The predicted octanol–water partition coefficient (Wildman–Crippen LogP) is 1.87. The van der Waals surface area contributed by atoms with Gasteiger partial charge in [-0.15, -0.1) is 0 Å². The number of carbonyl (C=O) groups excluding carboxylic acids is 3. The molecule has 3 amide bonds. The second-order valence-electron chi connectivity index (χ2n) is 9.81. The number of aliphatic hydroxyl groups excluding tert-OH is 1. The molecule has 0 heterocycles. The zero-order chi connectivity index (χ0) is 25.2. The highest BCUT2D eigenvalue weighted by Crippen LogP contribution is 2.19. The molecule has 0 spiro atoms. The molecule has 0 unspecified atom stereocenters. The molecule has 1 aromatic rings. The normalized spacial score (nSPS) is 14.4. The molecule has 1 rings (SSSR count). The lowest BCUT2D eigenvalue weighted by atomic mass is 9.86. The van der Waals surface area contributed by atoms with Gasteiger partial charge in [0.15, 0.2) is 0 Å². The van der Waals surface area contributed by atoms with Crippen LogP contribution in [-0.2, 0) is 20.7 Å². The molecule has 0 radical (unpaired) electrons. The van der Waals surface area contributed by atoms with E-state index in [2.05, 4.69) is 26.2 Å². The van der Waals surface area contributed by atoms with Crippen molar-refractivity contribution in [3.63, 3.8) is 0 Å². The van der Waals surface area contributed by atoms with E-state index in [-0.39, 0.29) is 6.54 Å². The third kappa shape index (κ3) is 11.0. The monoisotopic (exact) mass is 466 g/mol. The first kappa shape index (κ1) is 28.2. The number of hydrogen-bond acceptors (Lipinski definition) is 7. The van der Waals surface area contributed by atoms with Gasteiger partial charge in [0, 0.05) is 6.54 Å². The Morgan fingerprint density at radius 3 is 2.09 bits per heavy atom. The van der Waals surface area contributed by atoms with Gasteiger partial charge in [0.05, 0.1) is 19.3 Å². The average Bonchev–Trinajstić information content (AvgIpc) is 2.69. The van der Waals surface area contributed by atoms with Crippen LogP contribution < -0.4 is 21.5 Å². The van der Waals surface area contributed by atoms with Crippen LogP contribution in [0.25, 0.3) is 0 Å². The molecule has 0 aliphatic heterocycles. The summed E-state index contributed by atoms with van der Waals surface area (Å²) < 4.78 is 9.90. The van der Waals surface area contributed by atoms with Crippen LogP contribution in [-0.4, -0.2) is 60.6 Å². The molecule has 0 bridgehead atoms. The Labute approximate surface area is 195 Å². The topological polar surface area (TPSA) is 138 Å². The van der Waals surface area contributed by atoms with E-state index in [1.54, 1.807) is 41.5 Å². The summed E-state index contributed by atoms with van der Waals surface area (Å²) in [7, 11) is 1.21. The molecule has 3 atom stereocenters. The van der Waals surface area contributed by atoms with Gasteiger partial charge in [0.25, 0.3) is 5.91 Å². The fourth-order valence-corrected chi connectivity index (χ4v) is 2.92. The number of amides is 3. The van der Waals surface area contributed by atoms with Gasteiger partial charge in [0.1, 0.15) is 11.6 Å². The lowest BCUT2D eigenvalue weighted by molar-refractivity contribution is -0.126. The number of aliphatic hydroxyl groups is 1. The van der Waals surface area contributed by atoms with Crippen molar-refractivity contribution >= 4 is 18.1 Å². The number of rotatable bonds is 9. The smallest absolute Gasteiger partial charge is 0.407 e. The van der Waals surface area contributed by atoms with E-state index in [0.717, 1.165) is 5.56 Å². The Morgan fingerprint density at radius 2 is 1.58 bits per heavy atom. The van der Waals surface area contributed by atoms with Crippen molar-refractivity contribution in [2.45, 2.75) is 71.8 Å². The summed E-state index contributed by atoms with van der Waals surface area (Å²) in [5.74, 6) is -0.500. The highest BCUT2D eigenvalue weighted by molar-refractivity contribution is 5.86. The fraction of sp³-hybridized carbons (Fsp3) is 0.609. The lowest BCUT2D eigenvalue weighted by Crippen LogP contribution is -2.58. The highest BCUT2D eigenvalue weighted by atomic mass is 16.6. The third-order valence-electron chi connectivity index (χ3n) is 4.56. The second-order valence-corrected chi connectivity index (χ2v) is 9.81. The molecule has 5 N–H and O–H groups in total. The van der Waals surface area contributed by atoms with E-state index in [4.69, 9.17) is 4.74 Å². The molecule has 0 fully saturated rings. The Bertz CT molecular complexity index is 773. The van der Waals surface area contributed by atoms with E-state index < -0.39 is 47.3 Å². The average molecular weight is 467 g/mol. The van der Waals surface area contributed by atoms with Gasteiger partial charge in [-0.3, -0.25) is 10.2 Å². The van der Waals surface area contributed by atoms with E-state index in [1.807, 2.05) is 30.3 Å². The molecular formula is C23H38N4O6. The van der Waals surface area contributed by atoms with Crippen molar-refractivity contribution in [1.82, 2.24) is 21.5 Å². The summed E-state index contributed by atoms with van der Waals surface area (Å²) in [4.78, 5) is 36.5. The van der Waals surface area contributed by atoms with Gasteiger partial charge in [-0.05, 0) is 38.2 Å². The first-order valence-electron chi connectivity index (χ1n) is 10.8. The van der Waals surface area contributed by atoms with Crippen molar-refractivity contribution in [2.24, 2.45) is 5.41 Å². The summed E-state index contributed by atoms with van der Waals surface area (Å²) in [6, 6.07) is 7.82. The Balaban J connectivity index is 2.78. The molecule has 33 heavy (non-hydrogen) atoms. The van der Waals surface area contributed by atoms with Crippen LogP contribution in [0.1, 0.15) is 47.1 Å². The standard InChI is InChI=1S/C23H38N4O6/c1-22(2,3)18(26-20(30)32-7)19(29)27-24-14-17(28)16(13-15-11-9-8-10-12-15)25-21(31)33-23(4,5)6/h8-12,16-18,24,28H,13-14H2,1-7H3,(H,25,31)(H,26,30)(H,27,29)/t16-,17-,18+/m0/s1. The summed E-state index contributed by atoms with van der Waals surface area (Å²) in [5.41, 5.74) is 4.82. The molecular weight excluding hydrogens is 428 g/mol. The van der Waals surface area contributed by atoms with Crippen LogP contribution in [0.4, 0.5) is 9.59 Å². The van der Waals surface area contributed by atoms with Crippen LogP contribution in [0.15, 0.2) is 30.3 Å². The minimum Gasteiger partial charge on any atom is -0.453 e. The highest BCUT2D eigenvalue weighted by Gasteiger charge is 2.33. The molecule has 0 saturated carbocycles. The number of hydrazine groups is 1. The van der Waals surface area contributed by atoms with E-state index in [0.29, 0.717) is 6.42 Å². The summed E-state index contributed by atoms with van der Waals surface area (Å²) >= 11 is 0. The first-order valence-corrected chi connectivity index (χ1v) is 10.8. The second kappa shape index (κ2) is 12.4. The molecule has 186 valence electrons. The molecule has 0 aromatic heterocycles. The third-order valence-corrected chi connectivity index (χ3v) is 4.56. The number of hydrogen-bond donors (Lipinski definition) is 5. The first-order chi connectivity index (χ1) is 15.2. The van der Waals surface area contributed by atoms with Gasteiger partial charge >= 0.3 is 12.2 Å². The molecule has 0 aliphatic carbocycles. The predicted molar refractivity (Wildman–Crippen MR) is 124 cm³/mol. The SMILES string of the molecule is COC(=O)N[C@H](C(=O)NNC[C@H](O)[C@H](Cc1ccccc1)NC(=O)OC(C)(C)C)C(C)(C)C. The van der Waals surface area contributed by atoms with Gasteiger partial charge in [-0.25, -0.2) is 15.0 Å². The van der Waals surface area contributed by atoms with Crippen molar-refractivity contribution in [2.75, 3.05) is 13.7 Å². The summed E-state index contributed by atoms with van der Waals surface area (Å²) in [6.45, 7) is 10.6. The van der Waals surface area contributed by atoms with Crippen LogP contribution in [0.2, 0.25) is 0 Å². The molecule has 0 saturated heterocycles. The molecule has 10 heteroatoms. The van der Waals surface area contributed by atoms with Crippen LogP contribution in [0.3, 0.4) is 0 Å². The molecule has 0 aliphatic rings. The molecule has 10 nitrogen and oxygen atoms in total. The van der Waals surface area contributed by atoms with Gasteiger partial charge in [-0.2, -0.15) is 0 Å². The number of methoxy groups -OCH3 is 1. The number of benzene rings is 1. The van der Waals surface area contributed by atoms with E-state index in [9.17, 15) is 19.5 Å². The Hall–Kier alpha value is -2.85. The van der Waals surface area contributed by atoms with Gasteiger partial charge in [-0.1, -0.05) is 51.1 Å². The van der Waals surface area contributed by atoms with Crippen LogP contribution in [0.5, 0.6) is 0 Å². The zero-order valence-electron chi connectivity index (χ0n) is 20.5. The van der Waals surface area contributed by atoms with E-state index in [1.165, 1.54) is 7.11 Å². The quantitative estimate of drug-likeness (QED) is 0.350. The van der Waals surface area contributed by atoms with Crippen LogP contribution in [0, 0.1) is 5.41 Å². The van der Waals surface area contributed by atoms with Crippen molar-refractivity contribution in [3.05, 3.63) is 35.9 Å². The Morgan fingerprint density at radius 1 is 0.970 bits per heavy atom. The summed E-state index contributed by atoms with van der Waals surface area (Å²) in [6.07, 6.45) is -2.08. The minimum absolute atomic E-state index is 0.0614. The minimum atomic E-state index is -1.06. The van der Waals surface area contributed by atoms with Crippen LogP contribution >= 0.6 is 0 Å². The summed E-state index contributed by atoms with van der Waals surface area (Å²) in [5, 5.41) is 15.9. The number of alkyl carbamates (subject to hydrolysis) is 2. The van der Waals surface area contributed by atoms with Gasteiger partial charge < -0.3 is 25.2 Å². The van der Waals surface area contributed by atoms with Crippen molar-refractivity contribution < 1.29 is 29.0 Å². The number of ether oxygens (including phenoxy) is 2. The van der Waals surface area contributed by atoms with E-state index >= 15 is 0 Å². The number of carbonyl (C=O) groups is 3. The lowest BCUT2D eigenvalue weighted by Gasteiger charge is -2.30. The largest absolute Gasteiger partial charge is 0.453 e. The number of nitrogens with one attached hydrogen (secondary N) is 4. The van der Waals surface area contributed by atoms with Crippen molar-refractivity contribution in [3.8, 4) is 0 Å². The van der Waals surface area contributed by atoms with Crippen molar-refractivity contribution in [1.29, 1.82) is 0 Å². The maximum Gasteiger partial charge on any atom is 0.407 e. The van der Waals surface area contributed by atoms with Gasteiger partial charge in [0.2, 0.25) is 0 Å². The maximum atomic E-state index is 12.6. The zero-order valence-corrected chi connectivity index (χ0v) is 20.5. The fourth-order valence-electron chi connectivity index (χ4n) is 2.92. The Kier molecular flexibility index (Phi) is 10.6. The molecule has 1 aromatic carbocycles.